The largest absolute Gasteiger partial charge is 0.336 e. The Bertz CT molecular complexity index is 913. The summed E-state index contributed by atoms with van der Waals surface area (Å²) in [6.07, 6.45) is 1.84. The average Bonchev–Trinajstić information content (AvgIpc) is 2.69. The number of benzene rings is 2. The predicted octanol–water partition coefficient (Wildman–Crippen LogP) is 3.85. The number of carbonyl (C=O) groups is 1. The molecule has 0 N–H and O–H groups in total. The summed E-state index contributed by atoms with van der Waals surface area (Å²) in [6.45, 7) is 4.06. The zero-order valence-corrected chi connectivity index (χ0v) is 15.2. The molecule has 0 unspecified atom stereocenters. The number of hydrogen-bond acceptors (Lipinski definition) is 3. The van der Waals surface area contributed by atoms with Gasteiger partial charge in [0.25, 0.3) is 5.91 Å². The third-order valence-corrected chi connectivity index (χ3v) is 5.11. The van der Waals surface area contributed by atoms with Crippen LogP contribution in [-0.2, 0) is 6.54 Å². The van der Waals surface area contributed by atoms with E-state index in [2.05, 4.69) is 34.1 Å². The topological polar surface area (TPSA) is 36.4 Å². The summed E-state index contributed by atoms with van der Waals surface area (Å²) in [6, 6.07) is 17.5. The van der Waals surface area contributed by atoms with Gasteiger partial charge >= 0.3 is 0 Å². The molecule has 1 fully saturated rings. The maximum Gasteiger partial charge on any atom is 0.253 e. The van der Waals surface area contributed by atoms with Crippen molar-refractivity contribution in [1.29, 1.82) is 0 Å². The first-order valence-electron chi connectivity index (χ1n) is 8.80. The Labute approximate surface area is 158 Å². The fourth-order valence-electron chi connectivity index (χ4n) is 3.42. The lowest BCUT2D eigenvalue weighted by molar-refractivity contribution is 0.0629. The second-order valence-corrected chi connectivity index (χ2v) is 7.00. The molecule has 1 saturated heterocycles. The molecule has 4 nitrogen and oxygen atoms in total. The first kappa shape index (κ1) is 17.0. The van der Waals surface area contributed by atoms with E-state index < -0.39 is 0 Å². The maximum atomic E-state index is 12.6. The van der Waals surface area contributed by atoms with E-state index in [1.807, 2.05) is 17.2 Å². The van der Waals surface area contributed by atoms with Crippen molar-refractivity contribution in [3.05, 3.63) is 76.9 Å². The van der Waals surface area contributed by atoms with Crippen molar-refractivity contribution in [2.24, 2.45) is 0 Å². The number of aromatic nitrogens is 1. The van der Waals surface area contributed by atoms with Gasteiger partial charge in [-0.15, -0.1) is 0 Å². The molecule has 1 amide bonds. The number of hydrogen-bond donors (Lipinski definition) is 0. The first-order chi connectivity index (χ1) is 12.7. The quantitative estimate of drug-likeness (QED) is 0.707. The van der Waals surface area contributed by atoms with Crippen LogP contribution in [0.15, 0.2) is 60.8 Å². The maximum absolute atomic E-state index is 12.6. The number of rotatable bonds is 3. The molecule has 2 heterocycles. The normalized spacial score (nSPS) is 15.3. The monoisotopic (exact) mass is 365 g/mol. The van der Waals surface area contributed by atoms with E-state index >= 15 is 0 Å². The van der Waals surface area contributed by atoms with Crippen LogP contribution in [0.25, 0.3) is 10.9 Å². The molecular weight excluding hydrogens is 346 g/mol. The number of halogens is 1. The standard InChI is InChI=1S/C21H20ClN3O/c22-19-8-6-17(7-9-19)21(26)25-13-11-24(12-14-25)15-18-4-1-3-16-5-2-10-23-20(16)18/h1-10H,11-15H2. The average molecular weight is 366 g/mol. The highest BCUT2D eigenvalue weighted by atomic mass is 35.5. The van der Waals surface area contributed by atoms with E-state index in [-0.39, 0.29) is 5.91 Å². The number of pyridine rings is 1. The Hall–Kier alpha value is -2.43. The fourth-order valence-corrected chi connectivity index (χ4v) is 3.55. The van der Waals surface area contributed by atoms with Crippen LogP contribution in [0.4, 0.5) is 0 Å². The molecule has 2 aromatic carbocycles. The summed E-state index contributed by atoms with van der Waals surface area (Å²) in [7, 11) is 0. The van der Waals surface area contributed by atoms with Crippen molar-refractivity contribution in [2.45, 2.75) is 6.54 Å². The van der Waals surface area contributed by atoms with Crippen molar-refractivity contribution in [1.82, 2.24) is 14.8 Å². The molecule has 3 aromatic rings. The second kappa shape index (κ2) is 7.44. The fraction of sp³-hybridized carbons (Fsp3) is 0.238. The number of fused-ring (bicyclic) bond motifs is 1. The van der Waals surface area contributed by atoms with Crippen molar-refractivity contribution in [3.63, 3.8) is 0 Å². The SMILES string of the molecule is O=C(c1ccc(Cl)cc1)N1CCN(Cc2cccc3cccnc23)CC1. The van der Waals surface area contributed by atoms with Crippen LogP contribution >= 0.6 is 11.6 Å². The lowest BCUT2D eigenvalue weighted by Gasteiger charge is -2.35. The molecule has 1 aliphatic heterocycles. The van der Waals surface area contributed by atoms with Crippen molar-refractivity contribution in [2.75, 3.05) is 26.2 Å². The van der Waals surface area contributed by atoms with E-state index in [0.717, 1.165) is 38.2 Å². The van der Waals surface area contributed by atoms with Crippen molar-refractivity contribution >= 4 is 28.4 Å². The Morgan fingerprint density at radius 2 is 1.69 bits per heavy atom. The van der Waals surface area contributed by atoms with E-state index in [9.17, 15) is 4.79 Å². The summed E-state index contributed by atoms with van der Waals surface area (Å²) in [5.41, 5.74) is 3.00. The number of carbonyl (C=O) groups excluding carboxylic acids is 1. The van der Waals surface area contributed by atoms with Crippen LogP contribution in [0, 0.1) is 0 Å². The van der Waals surface area contributed by atoms with Crippen LogP contribution < -0.4 is 0 Å². The number of amides is 1. The van der Waals surface area contributed by atoms with Gasteiger partial charge in [0.2, 0.25) is 0 Å². The molecule has 0 bridgehead atoms. The molecule has 0 radical (unpaired) electrons. The highest BCUT2D eigenvalue weighted by Crippen LogP contribution is 2.19. The molecule has 26 heavy (non-hydrogen) atoms. The summed E-state index contributed by atoms with van der Waals surface area (Å²) < 4.78 is 0. The second-order valence-electron chi connectivity index (χ2n) is 6.57. The minimum atomic E-state index is 0.0770. The minimum absolute atomic E-state index is 0.0770. The molecule has 132 valence electrons. The zero-order chi connectivity index (χ0) is 17.9. The van der Waals surface area contributed by atoms with E-state index in [1.165, 1.54) is 10.9 Å². The van der Waals surface area contributed by atoms with Crippen LogP contribution in [0.2, 0.25) is 5.02 Å². The van der Waals surface area contributed by atoms with Gasteiger partial charge in [-0.3, -0.25) is 14.7 Å². The van der Waals surface area contributed by atoms with Gasteiger partial charge < -0.3 is 4.90 Å². The number of piperazine rings is 1. The number of nitrogens with zero attached hydrogens (tertiary/aromatic N) is 3. The van der Waals surface area contributed by atoms with Gasteiger partial charge in [-0.05, 0) is 35.9 Å². The molecule has 0 spiro atoms. The third-order valence-electron chi connectivity index (χ3n) is 4.86. The van der Waals surface area contributed by atoms with Crippen LogP contribution in [-0.4, -0.2) is 46.9 Å². The third kappa shape index (κ3) is 3.57. The highest BCUT2D eigenvalue weighted by Gasteiger charge is 2.22. The Balaban J connectivity index is 1.40. The molecule has 5 heteroatoms. The van der Waals surface area contributed by atoms with E-state index in [1.54, 1.807) is 24.3 Å². The van der Waals surface area contributed by atoms with E-state index in [4.69, 9.17) is 11.6 Å². The highest BCUT2D eigenvalue weighted by molar-refractivity contribution is 6.30. The number of para-hydroxylation sites is 1. The molecule has 0 aliphatic carbocycles. The van der Waals surface area contributed by atoms with Gasteiger partial charge in [0.1, 0.15) is 0 Å². The summed E-state index contributed by atoms with van der Waals surface area (Å²) in [5, 5.41) is 1.82. The Morgan fingerprint density at radius 3 is 2.46 bits per heavy atom. The molecule has 0 saturated carbocycles. The first-order valence-corrected chi connectivity index (χ1v) is 9.18. The summed E-state index contributed by atoms with van der Waals surface area (Å²) >= 11 is 5.90. The van der Waals surface area contributed by atoms with Crippen LogP contribution in [0.5, 0.6) is 0 Å². The van der Waals surface area contributed by atoms with Crippen molar-refractivity contribution < 1.29 is 4.79 Å². The molecular formula is C21H20ClN3O. The smallest absolute Gasteiger partial charge is 0.253 e. The van der Waals surface area contributed by atoms with Gasteiger partial charge in [0, 0.05) is 54.9 Å². The lowest BCUT2D eigenvalue weighted by atomic mass is 10.1. The van der Waals surface area contributed by atoms with Gasteiger partial charge in [0.05, 0.1) is 5.52 Å². The van der Waals surface area contributed by atoms with Gasteiger partial charge in [0.15, 0.2) is 0 Å². The Kier molecular flexibility index (Phi) is 4.87. The summed E-state index contributed by atoms with van der Waals surface area (Å²) in [4.78, 5) is 21.4. The molecule has 1 aliphatic rings. The van der Waals surface area contributed by atoms with Crippen LogP contribution in [0.1, 0.15) is 15.9 Å². The molecule has 4 rings (SSSR count). The molecule has 0 atom stereocenters. The lowest BCUT2D eigenvalue weighted by Crippen LogP contribution is -2.48. The van der Waals surface area contributed by atoms with Gasteiger partial charge in [-0.1, -0.05) is 35.9 Å². The van der Waals surface area contributed by atoms with Gasteiger partial charge in [-0.25, -0.2) is 0 Å². The molecule has 1 aromatic heterocycles. The zero-order valence-electron chi connectivity index (χ0n) is 14.4. The van der Waals surface area contributed by atoms with E-state index in [0.29, 0.717) is 10.6 Å². The Morgan fingerprint density at radius 1 is 0.962 bits per heavy atom. The van der Waals surface area contributed by atoms with Gasteiger partial charge in [-0.2, -0.15) is 0 Å². The van der Waals surface area contributed by atoms with Crippen molar-refractivity contribution in [3.8, 4) is 0 Å². The minimum Gasteiger partial charge on any atom is -0.336 e. The van der Waals surface area contributed by atoms with Crippen LogP contribution in [0.3, 0.4) is 0 Å². The predicted molar refractivity (Wildman–Crippen MR) is 104 cm³/mol. The summed E-state index contributed by atoms with van der Waals surface area (Å²) in [5.74, 6) is 0.0770.